The molecule has 0 unspecified atom stereocenters. The number of nitrogens with zero attached hydrogens (tertiary/aromatic N) is 4. The Morgan fingerprint density at radius 3 is 2.75 bits per heavy atom. The van der Waals surface area contributed by atoms with Gasteiger partial charge in [-0.05, 0) is 49.6 Å². The number of hydrogen-bond donors (Lipinski definition) is 0. The van der Waals surface area contributed by atoms with Crippen molar-refractivity contribution in [3.8, 4) is 0 Å². The molecule has 0 saturated carbocycles. The molecule has 0 aliphatic carbocycles. The molecule has 0 N–H and O–H groups in total. The zero-order chi connectivity index (χ0) is 16.4. The van der Waals surface area contributed by atoms with Gasteiger partial charge in [0.15, 0.2) is 0 Å². The highest BCUT2D eigenvalue weighted by Gasteiger charge is 2.41. The Kier molecular flexibility index (Phi) is 4.19. The van der Waals surface area contributed by atoms with Gasteiger partial charge in [-0.25, -0.2) is 14.4 Å². The lowest BCUT2D eigenvalue weighted by atomic mass is 9.79. The van der Waals surface area contributed by atoms with E-state index in [1.807, 2.05) is 24.5 Å². The van der Waals surface area contributed by atoms with Crippen molar-refractivity contribution in [1.29, 1.82) is 0 Å². The molecular weight excluding hydrogens is 303 g/mol. The molecule has 1 aromatic carbocycles. The van der Waals surface area contributed by atoms with Gasteiger partial charge in [0.25, 0.3) is 0 Å². The Morgan fingerprint density at radius 2 is 1.92 bits per heavy atom. The van der Waals surface area contributed by atoms with Crippen LogP contribution < -0.4 is 4.90 Å². The highest BCUT2D eigenvalue weighted by molar-refractivity contribution is 5.30. The van der Waals surface area contributed by atoms with Gasteiger partial charge in [0.1, 0.15) is 5.82 Å². The summed E-state index contributed by atoms with van der Waals surface area (Å²) in [5.41, 5.74) is 1.39. The molecule has 4 rings (SSSR count). The molecule has 5 heteroatoms. The highest BCUT2D eigenvalue weighted by atomic mass is 19.1. The summed E-state index contributed by atoms with van der Waals surface area (Å²) in [5, 5.41) is 0. The van der Waals surface area contributed by atoms with Crippen molar-refractivity contribution in [3.05, 3.63) is 54.1 Å². The van der Waals surface area contributed by atoms with Gasteiger partial charge in [-0.3, -0.25) is 4.90 Å². The molecule has 1 spiro atoms. The van der Waals surface area contributed by atoms with E-state index in [0.717, 1.165) is 44.2 Å². The fourth-order valence-corrected chi connectivity index (χ4v) is 4.22. The lowest BCUT2D eigenvalue weighted by Gasteiger charge is -2.40. The third-order valence-corrected chi connectivity index (χ3v) is 5.31. The summed E-state index contributed by atoms with van der Waals surface area (Å²) >= 11 is 0. The van der Waals surface area contributed by atoms with Gasteiger partial charge in [-0.2, -0.15) is 0 Å². The summed E-state index contributed by atoms with van der Waals surface area (Å²) in [5.74, 6) is 0.701. The minimum absolute atomic E-state index is 0.147. The predicted molar refractivity (Wildman–Crippen MR) is 92.2 cm³/mol. The van der Waals surface area contributed by atoms with Crippen molar-refractivity contribution in [2.45, 2.75) is 25.8 Å². The second kappa shape index (κ2) is 6.48. The minimum atomic E-state index is -0.147. The van der Waals surface area contributed by atoms with Crippen molar-refractivity contribution < 1.29 is 4.39 Å². The van der Waals surface area contributed by atoms with Crippen LogP contribution in [0.15, 0.2) is 42.7 Å². The van der Waals surface area contributed by atoms with Crippen LogP contribution in [0.2, 0.25) is 0 Å². The molecule has 4 nitrogen and oxygen atoms in total. The van der Waals surface area contributed by atoms with Crippen LogP contribution in [-0.2, 0) is 6.54 Å². The second-order valence-corrected chi connectivity index (χ2v) is 7.16. The van der Waals surface area contributed by atoms with Gasteiger partial charge >= 0.3 is 0 Å². The monoisotopic (exact) mass is 326 g/mol. The highest BCUT2D eigenvalue weighted by Crippen LogP contribution is 2.40. The Bertz CT molecular complexity index is 693. The zero-order valence-corrected chi connectivity index (χ0v) is 13.9. The lowest BCUT2D eigenvalue weighted by molar-refractivity contribution is 0.215. The van der Waals surface area contributed by atoms with Crippen LogP contribution in [-0.4, -0.2) is 41.0 Å². The van der Waals surface area contributed by atoms with E-state index in [2.05, 4.69) is 19.8 Å². The van der Waals surface area contributed by atoms with Gasteiger partial charge in [0.05, 0.1) is 0 Å². The van der Waals surface area contributed by atoms with Crippen LogP contribution >= 0.6 is 0 Å². The first kappa shape index (κ1) is 15.5. The summed E-state index contributed by atoms with van der Waals surface area (Å²) < 4.78 is 13.4. The van der Waals surface area contributed by atoms with E-state index in [-0.39, 0.29) is 5.82 Å². The molecule has 2 aliphatic heterocycles. The molecule has 0 bridgehead atoms. The van der Waals surface area contributed by atoms with Crippen LogP contribution in [0.4, 0.5) is 10.3 Å². The van der Waals surface area contributed by atoms with Crippen LogP contribution in [0, 0.1) is 11.2 Å². The SMILES string of the molecule is Fc1cccc(CN2CC[C@]3(CCCN(c4ncccn4)C3)C2)c1. The van der Waals surface area contributed by atoms with Gasteiger partial charge in [0, 0.05) is 44.0 Å². The number of hydrogen-bond acceptors (Lipinski definition) is 4. The molecule has 0 amide bonds. The number of rotatable bonds is 3. The number of piperidine rings is 1. The first-order valence-electron chi connectivity index (χ1n) is 8.71. The third-order valence-electron chi connectivity index (χ3n) is 5.31. The van der Waals surface area contributed by atoms with Crippen molar-refractivity contribution in [2.24, 2.45) is 5.41 Å². The lowest BCUT2D eigenvalue weighted by Crippen LogP contribution is -2.45. The number of benzene rings is 1. The van der Waals surface area contributed by atoms with Gasteiger partial charge in [-0.1, -0.05) is 12.1 Å². The molecular formula is C19H23FN4. The quantitative estimate of drug-likeness (QED) is 0.867. The summed E-state index contributed by atoms with van der Waals surface area (Å²) in [6, 6.07) is 8.83. The number of halogens is 1. The molecule has 24 heavy (non-hydrogen) atoms. The second-order valence-electron chi connectivity index (χ2n) is 7.16. The molecule has 3 heterocycles. The maximum Gasteiger partial charge on any atom is 0.225 e. The predicted octanol–water partition coefficient (Wildman–Crippen LogP) is 3.11. The Morgan fingerprint density at radius 1 is 1.04 bits per heavy atom. The summed E-state index contributed by atoms with van der Waals surface area (Å²) in [7, 11) is 0. The normalized spacial score (nSPS) is 24.6. The Balaban J connectivity index is 1.43. The Hall–Kier alpha value is -2.01. The first-order valence-corrected chi connectivity index (χ1v) is 8.71. The van der Waals surface area contributed by atoms with E-state index in [4.69, 9.17) is 0 Å². The van der Waals surface area contributed by atoms with Crippen LogP contribution in [0.1, 0.15) is 24.8 Å². The fraction of sp³-hybridized carbons (Fsp3) is 0.474. The Labute approximate surface area is 142 Å². The number of aromatic nitrogens is 2. The fourth-order valence-electron chi connectivity index (χ4n) is 4.22. The van der Waals surface area contributed by atoms with E-state index in [1.54, 1.807) is 12.1 Å². The van der Waals surface area contributed by atoms with Gasteiger partial charge in [0.2, 0.25) is 5.95 Å². The van der Waals surface area contributed by atoms with Crippen molar-refractivity contribution >= 4 is 5.95 Å². The van der Waals surface area contributed by atoms with E-state index in [1.165, 1.54) is 25.3 Å². The van der Waals surface area contributed by atoms with E-state index in [9.17, 15) is 4.39 Å². The van der Waals surface area contributed by atoms with Gasteiger partial charge in [-0.15, -0.1) is 0 Å². The molecule has 2 aromatic rings. The zero-order valence-electron chi connectivity index (χ0n) is 13.9. The maximum atomic E-state index is 13.4. The van der Waals surface area contributed by atoms with E-state index < -0.39 is 0 Å². The van der Waals surface area contributed by atoms with Crippen LogP contribution in [0.5, 0.6) is 0 Å². The van der Waals surface area contributed by atoms with E-state index >= 15 is 0 Å². The molecule has 1 aromatic heterocycles. The molecule has 126 valence electrons. The molecule has 0 radical (unpaired) electrons. The van der Waals surface area contributed by atoms with Crippen molar-refractivity contribution in [2.75, 3.05) is 31.1 Å². The topological polar surface area (TPSA) is 32.3 Å². The summed E-state index contributed by atoms with van der Waals surface area (Å²) in [6.45, 7) is 5.06. The molecule has 2 fully saturated rings. The van der Waals surface area contributed by atoms with Crippen molar-refractivity contribution in [1.82, 2.24) is 14.9 Å². The van der Waals surface area contributed by atoms with Crippen molar-refractivity contribution in [3.63, 3.8) is 0 Å². The average molecular weight is 326 g/mol. The van der Waals surface area contributed by atoms with Gasteiger partial charge < -0.3 is 4.90 Å². The first-order chi connectivity index (χ1) is 11.7. The largest absolute Gasteiger partial charge is 0.340 e. The minimum Gasteiger partial charge on any atom is -0.340 e. The van der Waals surface area contributed by atoms with Crippen LogP contribution in [0.25, 0.3) is 0 Å². The standard InChI is InChI=1S/C19H23FN4/c20-17-5-1-4-16(12-17)13-23-11-7-19(14-23)6-2-10-24(15-19)18-21-8-3-9-22-18/h1,3-5,8-9,12H,2,6-7,10-11,13-15H2/t19-/m1/s1. The summed E-state index contributed by atoms with van der Waals surface area (Å²) in [6.07, 6.45) is 7.27. The maximum absolute atomic E-state index is 13.4. The third kappa shape index (κ3) is 3.26. The molecule has 2 aliphatic rings. The number of anilines is 1. The average Bonchev–Trinajstić information content (AvgIpc) is 2.97. The summed E-state index contributed by atoms with van der Waals surface area (Å²) in [4.78, 5) is 13.6. The molecule has 1 atom stereocenters. The smallest absolute Gasteiger partial charge is 0.225 e. The van der Waals surface area contributed by atoms with Crippen LogP contribution in [0.3, 0.4) is 0 Å². The van der Waals surface area contributed by atoms with E-state index in [0.29, 0.717) is 5.41 Å². The number of likely N-dealkylation sites (tertiary alicyclic amines) is 1. The molecule has 2 saturated heterocycles.